The standard InChI is InChI=1S/C14H18.C2H6/c1-5-11(2)10-13(4)14-8-6-12(3)7-9-14;1-2/h5-6,8,10H,1,4,7,9H2,2-3H3;1-2H3/b11-10-;. The Balaban J connectivity index is 0.00000106. The predicted octanol–water partition coefficient (Wildman–Crippen LogP) is 5.37. The van der Waals surface area contributed by atoms with Crippen LogP contribution in [0.25, 0.3) is 0 Å². The smallest absolute Gasteiger partial charge is 0.0236 e. The van der Waals surface area contributed by atoms with Crippen molar-refractivity contribution in [3.63, 3.8) is 0 Å². The van der Waals surface area contributed by atoms with E-state index in [4.69, 9.17) is 0 Å². The Morgan fingerprint density at radius 3 is 2.31 bits per heavy atom. The highest BCUT2D eigenvalue weighted by Crippen LogP contribution is 2.24. The molecule has 1 rings (SSSR count). The lowest BCUT2D eigenvalue weighted by Crippen LogP contribution is -1.92. The SMILES string of the molecule is C=C/C(C)=C\C(=C)C1=CC=C(C)CC1.CC. The first-order chi connectivity index (χ1) is 7.63. The lowest BCUT2D eigenvalue weighted by molar-refractivity contribution is 0.919. The van der Waals surface area contributed by atoms with E-state index < -0.39 is 0 Å². The Labute approximate surface area is 101 Å². The average Bonchev–Trinajstić information content (AvgIpc) is 2.32. The third-order valence-electron chi connectivity index (χ3n) is 2.49. The molecule has 0 atom stereocenters. The van der Waals surface area contributed by atoms with Crippen molar-refractivity contribution < 1.29 is 0 Å². The minimum atomic E-state index is 1.11. The van der Waals surface area contributed by atoms with E-state index in [-0.39, 0.29) is 0 Å². The maximum absolute atomic E-state index is 4.07. The van der Waals surface area contributed by atoms with Gasteiger partial charge in [0.2, 0.25) is 0 Å². The summed E-state index contributed by atoms with van der Waals surface area (Å²) in [5.41, 5.74) is 5.08. The molecule has 0 amide bonds. The summed E-state index contributed by atoms with van der Waals surface area (Å²) in [4.78, 5) is 0. The fourth-order valence-corrected chi connectivity index (χ4v) is 1.44. The van der Waals surface area contributed by atoms with Gasteiger partial charge in [0.15, 0.2) is 0 Å². The summed E-state index contributed by atoms with van der Waals surface area (Å²) in [7, 11) is 0. The van der Waals surface area contributed by atoms with Crippen LogP contribution in [0, 0.1) is 0 Å². The molecule has 0 fully saturated rings. The van der Waals surface area contributed by atoms with E-state index in [9.17, 15) is 0 Å². The van der Waals surface area contributed by atoms with Gasteiger partial charge in [-0.1, -0.05) is 62.5 Å². The normalized spacial score (nSPS) is 15.4. The summed E-state index contributed by atoms with van der Waals surface area (Å²) in [6.45, 7) is 16.0. The van der Waals surface area contributed by atoms with Crippen LogP contribution in [-0.2, 0) is 0 Å². The molecule has 0 N–H and O–H groups in total. The quantitative estimate of drug-likeness (QED) is 0.556. The van der Waals surface area contributed by atoms with Crippen molar-refractivity contribution in [1.29, 1.82) is 0 Å². The monoisotopic (exact) mass is 216 g/mol. The molecule has 16 heavy (non-hydrogen) atoms. The molecular weight excluding hydrogens is 192 g/mol. The van der Waals surface area contributed by atoms with E-state index in [0.717, 1.165) is 18.4 Å². The van der Waals surface area contributed by atoms with Crippen LogP contribution in [0.1, 0.15) is 40.5 Å². The second kappa shape index (κ2) is 7.92. The van der Waals surface area contributed by atoms with E-state index in [2.05, 4.69) is 38.3 Å². The fourth-order valence-electron chi connectivity index (χ4n) is 1.44. The van der Waals surface area contributed by atoms with Gasteiger partial charge in [0.25, 0.3) is 0 Å². The molecule has 88 valence electrons. The van der Waals surface area contributed by atoms with Gasteiger partial charge in [0, 0.05) is 0 Å². The molecule has 0 radical (unpaired) electrons. The summed E-state index contributed by atoms with van der Waals surface area (Å²) >= 11 is 0. The predicted molar refractivity (Wildman–Crippen MR) is 75.5 cm³/mol. The zero-order chi connectivity index (χ0) is 12.6. The van der Waals surface area contributed by atoms with Crippen LogP contribution in [0.4, 0.5) is 0 Å². The topological polar surface area (TPSA) is 0 Å². The third kappa shape index (κ3) is 4.97. The second-order valence-corrected chi connectivity index (χ2v) is 3.82. The van der Waals surface area contributed by atoms with Crippen molar-refractivity contribution in [2.24, 2.45) is 0 Å². The first-order valence-electron chi connectivity index (χ1n) is 6.00. The minimum absolute atomic E-state index is 1.11. The highest BCUT2D eigenvalue weighted by molar-refractivity contribution is 5.44. The molecule has 0 heteroatoms. The highest BCUT2D eigenvalue weighted by atomic mass is 14.1. The number of hydrogen-bond acceptors (Lipinski definition) is 0. The zero-order valence-corrected chi connectivity index (χ0v) is 11.1. The molecule has 0 spiro atoms. The van der Waals surface area contributed by atoms with Crippen molar-refractivity contribution in [1.82, 2.24) is 0 Å². The van der Waals surface area contributed by atoms with E-state index in [1.54, 1.807) is 0 Å². The lowest BCUT2D eigenvalue weighted by Gasteiger charge is -2.12. The molecule has 0 aromatic rings. The van der Waals surface area contributed by atoms with Crippen LogP contribution < -0.4 is 0 Å². The summed E-state index contributed by atoms with van der Waals surface area (Å²) in [5, 5.41) is 0. The van der Waals surface area contributed by atoms with Gasteiger partial charge in [-0.25, -0.2) is 0 Å². The summed E-state index contributed by atoms with van der Waals surface area (Å²) in [6.07, 6.45) is 10.6. The van der Waals surface area contributed by atoms with Crippen LogP contribution >= 0.6 is 0 Å². The molecule has 0 bridgehead atoms. The third-order valence-corrected chi connectivity index (χ3v) is 2.49. The Morgan fingerprint density at radius 2 is 1.88 bits per heavy atom. The largest absolute Gasteiger partial charge is 0.0988 e. The van der Waals surface area contributed by atoms with Crippen LogP contribution in [0.3, 0.4) is 0 Å². The Morgan fingerprint density at radius 1 is 1.25 bits per heavy atom. The molecular formula is C16H24. The first kappa shape index (κ1) is 14.7. The zero-order valence-electron chi connectivity index (χ0n) is 11.1. The lowest BCUT2D eigenvalue weighted by atomic mass is 9.94. The molecule has 0 nitrogen and oxygen atoms in total. The molecule has 0 saturated heterocycles. The first-order valence-corrected chi connectivity index (χ1v) is 6.00. The van der Waals surface area contributed by atoms with Gasteiger partial charge in [-0.05, 0) is 37.8 Å². The van der Waals surface area contributed by atoms with Gasteiger partial charge in [-0.3, -0.25) is 0 Å². The molecule has 0 saturated carbocycles. The van der Waals surface area contributed by atoms with E-state index in [0.29, 0.717) is 0 Å². The van der Waals surface area contributed by atoms with Crippen molar-refractivity contribution in [2.75, 3.05) is 0 Å². The Hall–Kier alpha value is -1.30. The summed E-state index contributed by atoms with van der Waals surface area (Å²) in [6, 6.07) is 0. The van der Waals surface area contributed by atoms with Gasteiger partial charge in [0.05, 0.1) is 0 Å². The molecule has 0 aromatic heterocycles. The molecule has 1 aliphatic carbocycles. The maximum atomic E-state index is 4.07. The van der Waals surface area contributed by atoms with E-state index in [1.165, 1.54) is 16.7 Å². The molecule has 0 aliphatic heterocycles. The molecule has 1 aliphatic rings. The van der Waals surface area contributed by atoms with Crippen LogP contribution in [0.15, 0.2) is 59.8 Å². The Kier molecular flexibility index (Phi) is 7.28. The van der Waals surface area contributed by atoms with Gasteiger partial charge < -0.3 is 0 Å². The van der Waals surface area contributed by atoms with Crippen molar-refractivity contribution in [3.05, 3.63) is 59.8 Å². The molecule has 0 unspecified atom stereocenters. The van der Waals surface area contributed by atoms with Gasteiger partial charge in [-0.15, -0.1) is 0 Å². The molecule has 0 heterocycles. The van der Waals surface area contributed by atoms with E-state index in [1.807, 2.05) is 26.8 Å². The molecule has 0 aromatic carbocycles. The summed E-state index contributed by atoms with van der Waals surface area (Å²) < 4.78 is 0. The van der Waals surface area contributed by atoms with Gasteiger partial charge in [-0.2, -0.15) is 0 Å². The van der Waals surface area contributed by atoms with Crippen LogP contribution in [0.2, 0.25) is 0 Å². The number of hydrogen-bond donors (Lipinski definition) is 0. The van der Waals surface area contributed by atoms with Gasteiger partial charge >= 0.3 is 0 Å². The van der Waals surface area contributed by atoms with E-state index >= 15 is 0 Å². The fraction of sp³-hybridized carbons (Fsp3) is 0.375. The maximum Gasteiger partial charge on any atom is -0.0236 e. The van der Waals surface area contributed by atoms with Crippen LogP contribution in [-0.4, -0.2) is 0 Å². The number of rotatable bonds is 3. The average molecular weight is 216 g/mol. The van der Waals surface area contributed by atoms with Crippen LogP contribution in [0.5, 0.6) is 0 Å². The highest BCUT2D eigenvalue weighted by Gasteiger charge is 2.04. The van der Waals surface area contributed by atoms with Gasteiger partial charge in [0.1, 0.15) is 0 Å². The summed E-state index contributed by atoms with van der Waals surface area (Å²) in [5.74, 6) is 0. The van der Waals surface area contributed by atoms with Crippen molar-refractivity contribution in [2.45, 2.75) is 40.5 Å². The van der Waals surface area contributed by atoms with Crippen molar-refractivity contribution in [3.8, 4) is 0 Å². The van der Waals surface area contributed by atoms with Crippen molar-refractivity contribution >= 4 is 0 Å². The minimum Gasteiger partial charge on any atom is -0.0988 e. The Bertz CT molecular complexity index is 335. The number of allylic oxidation sites excluding steroid dienone is 8. The second-order valence-electron chi connectivity index (χ2n) is 3.82.